The van der Waals surface area contributed by atoms with Gasteiger partial charge in [-0.1, -0.05) is 0 Å². The van der Waals surface area contributed by atoms with Gasteiger partial charge in [-0.05, 0) is 38.8 Å². The van der Waals surface area contributed by atoms with Gasteiger partial charge in [-0.3, -0.25) is 10.00 Å². The van der Waals surface area contributed by atoms with Crippen molar-refractivity contribution in [2.75, 3.05) is 33.4 Å². The van der Waals surface area contributed by atoms with Gasteiger partial charge in [0.05, 0.1) is 12.7 Å². The van der Waals surface area contributed by atoms with Crippen molar-refractivity contribution in [1.29, 1.82) is 0 Å². The fourth-order valence-electron chi connectivity index (χ4n) is 4.44. The number of fused-ring (bicyclic) bond motifs is 1. The molecule has 0 saturated carbocycles. The summed E-state index contributed by atoms with van der Waals surface area (Å²) < 4.78 is 11.1. The Morgan fingerprint density at radius 3 is 3.04 bits per heavy atom. The van der Waals surface area contributed by atoms with Crippen molar-refractivity contribution in [3.05, 3.63) is 17.0 Å². The lowest BCUT2D eigenvalue weighted by Gasteiger charge is -2.47. The minimum atomic E-state index is -0.351. The molecule has 0 aromatic carbocycles. The van der Waals surface area contributed by atoms with Gasteiger partial charge in [0.25, 0.3) is 0 Å². The summed E-state index contributed by atoms with van der Waals surface area (Å²) in [7, 11) is 1.41. The Morgan fingerprint density at radius 2 is 2.25 bits per heavy atom. The van der Waals surface area contributed by atoms with Crippen LogP contribution < -0.4 is 5.32 Å². The Morgan fingerprint density at radius 1 is 1.42 bits per heavy atom. The third-order valence-electron chi connectivity index (χ3n) is 5.84. The molecule has 7 nitrogen and oxygen atoms in total. The van der Waals surface area contributed by atoms with Crippen LogP contribution in [0.4, 0.5) is 0 Å². The van der Waals surface area contributed by atoms with Crippen LogP contribution in [-0.4, -0.2) is 66.1 Å². The van der Waals surface area contributed by atoms with Crippen LogP contribution in [0.1, 0.15) is 47.4 Å². The maximum absolute atomic E-state index is 11.9. The van der Waals surface area contributed by atoms with Crippen molar-refractivity contribution in [2.45, 2.75) is 50.3 Å². The third kappa shape index (κ3) is 2.85. The van der Waals surface area contributed by atoms with Crippen molar-refractivity contribution in [1.82, 2.24) is 20.4 Å². The summed E-state index contributed by atoms with van der Waals surface area (Å²) in [6, 6.07) is 0.519. The molecular weight excluding hydrogens is 308 g/mol. The quantitative estimate of drug-likeness (QED) is 0.781. The number of carbonyl (C=O) groups excluding carboxylic acids is 1. The molecule has 1 aromatic heterocycles. The van der Waals surface area contributed by atoms with Crippen LogP contribution >= 0.6 is 0 Å². The van der Waals surface area contributed by atoms with Crippen LogP contribution in [0, 0.1) is 0 Å². The second kappa shape index (κ2) is 6.46. The number of methoxy groups -OCH3 is 1. The Kier molecular flexibility index (Phi) is 4.32. The highest BCUT2D eigenvalue weighted by Gasteiger charge is 2.41. The summed E-state index contributed by atoms with van der Waals surface area (Å²) in [6.45, 7) is 4.71. The zero-order valence-corrected chi connectivity index (χ0v) is 14.3. The number of hydrogen-bond acceptors (Lipinski definition) is 6. The van der Waals surface area contributed by atoms with Crippen LogP contribution in [0.3, 0.4) is 0 Å². The van der Waals surface area contributed by atoms with E-state index in [2.05, 4.69) is 20.4 Å². The minimum absolute atomic E-state index is 0.0516. The Bertz CT molecular complexity index is 603. The van der Waals surface area contributed by atoms with E-state index in [1.54, 1.807) is 0 Å². The predicted octanol–water partition coefficient (Wildman–Crippen LogP) is 0.856. The number of nitrogens with one attached hydrogen (secondary N) is 2. The highest BCUT2D eigenvalue weighted by Crippen LogP contribution is 2.36. The number of hydrogen-bond donors (Lipinski definition) is 2. The first kappa shape index (κ1) is 16.1. The first-order valence-electron chi connectivity index (χ1n) is 8.94. The molecule has 0 bridgehead atoms. The Labute approximate surface area is 142 Å². The molecule has 2 fully saturated rings. The number of carbonyl (C=O) groups is 1. The topological polar surface area (TPSA) is 79.5 Å². The van der Waals surface area contributed by atoms with Crippen LogP contribution in [0.25, 0.3) is 0 Å². The molecular formula is C17H26N4O3. The van der Waals surface area contributed by atoms with Crippen molar-refractivity contribution < 1.29 is 14.3 Å². The molecule has 7 heteroatoms. The number of aromatic amines is 1. The monoisotopic (exact) mass is 334 g/mol. The summed E-state index contributed by atoms with van der Waals surface area (Å²) in [5.74, 6) is -0.351. The first-order chi connectivity index (χ1) is 11.7. The van der Waals surface area contributed by atoms with Gasteiger partial charge in [-0.15, -0.1) is 0 Å². The molecule has 24 heavy (non-hydrogen) atoms. The summed E-state index contributed by atoms with van der Waals surface area (Å²) in [5.41, 5.74) is 2.59. The fourth-order valence-corrected chi connectivity index (χ4v) is 4.44. The third-order valence-corrected chi connectivity index (χ3v) is 5.84. The molecule has 0 amide bonds. The zero-order chi connectivity index (χ0) is 16.6. The normalized spacial score (nSPS) is 27.0. The van der Waals surface area contributed by atoms with E-state index < -0.39 is 0 Å². The lowest BCUT2D eigenvalue weighted by molar-refractivity contribution is -0.122. The zero-order valence-electron chi connectivity index (χ0n) is 14.3. The maximum Gasteiger partial charge on any atom is 0.358 e. The number of piperidine rings is 1. The number of aromatic nitrogens is 2. The lowest BCUT2D eigenvalue weighted by atomic mass is 9.82. The van der Waals surface area contributed by atoms with Crippen LogP contribution in [-0.2, 0) is 22.4 Å². The molecule has 0 radical (unpaired) electrons. The average Bonchev–Trinajstić information content (AvgIpc) is 3.05. The summed E-state index contributed by atoms with van der Waals surface area (Å²) in [4.78, 5) is 14.4. The van der Waals surface area contributed by atoms with Gasteiger partial charge in [0.1, 0.15) is 0 Å². The predicted molar refractivity (Wildman–Crippen MR) is 87.8 cm³/mol. The summed E-state index contributed by atoms with van der Waals surface area (Å²) in [5, 5.41) is 10.6. The molecule has 2 saturated heterocycles. The van der Waals surface area contributed by atoms with E-state index in [4.69, 9.17) is 9.47 Å². The molecule has 132 valence electrons. The van der Waals surface area contributed by atoms with Crippen molar-refractivity contribution in [2.24, 2.45) is 0 Å². The Hall–Kier alpha value is -1.44. The standard InChI is InChI=1S/C17H26N4O3/c1-23-16(22)15-13-11-21(8-2-14(13)19-20-15)12-3-9-24-17(10-12)4-6-18-7-5-17/h12,18H,2-11H2,1H3,(H,19,20). The molecule has 4 rings (SSSR count). The van der Waals surface area contributed by atoms with Gasteiger partial charge in [0.2, 0.25) is 0 Å². The number of nitrogens with zero attached hydrogens (tertiary/aromatic N) is 2. The molecule has 4 heterocycles. The van der Waals surface area contributed by atoms with Gasteiger partial charge in [-0.2, -0.15) is 5.10 Å². The SMILES string of the molecule is COC(=O)c1n[nH]c2c1CN(C1CCOC3(CCNCC3)C1)CC2. The average molecular weight is 334 g/mol. The number of ether oxygens (including phenoxy) is 2. The van der Waals surface area contributed by atoms with Crippen molar-refractivity contribution >= 4 is 5.97 Å². The highest BCUT2D eigenvalue weighted by molar-refractivity contribution is 5.89. The van der Waals surface area contributed by atoms with E-state index in [0.717, 1.165) is 76.1 Å². The summed E-state index contributed by atoms with van der Waals surface area (Å²) >= 11 is 0. The van der Waals surface area contributed by atoms with E-state index in [1.165, 1.54) is 7.11 Å². The van der Waals surface area contributed by atoms with Gasteiger partial charge < -0.3 is 14.8 Å². The van der Waals surface area contributed by atoms with E-state index in [0.29, 0.717) is 11.7 Å². The number of rotatable bonds is 2. The van der Waals surface area contributed by atoms with Crippen LogP contribution in [0.2, 0.25) is 0 Å². The van der Waals surface area contributed by atoms with Crippen LogP contribution in [0.15, 0.2) is 0 Å². The second-order valence-electron chi connectivity index (χ2n) is 7.17. The van der Waals surface area contributed by atoms with Gasteiger partial charge in [0.15, 0.2) is 5.69 Å². The molecule has 1 atom stereocenters. The molecule has 3 aliphatic rings. The molecule has 1 spiro atoms. The highest BCUT2D eigenvalue weighted by atomic mass is 16.5. The Balaban J connectivity index is 1.49. The molecule has 2 N–H and O–H groups in total. The fraction of sp³-hybridized carbons (Fsp3) is 0.765. The molecule has 0 aliphatic carbocycles. The van der Waals surface area contributed by atoms with Gasteiger partial charge >= 0.3 is 5.97 Å². The van der Waals surface area contributed by atoms with E-state index in [-0.39, 0.29) is 11.6 Å². The number of esters is 1. The molecule has 1 aromatic rings. The van der Waals surface area contributed by atoms with E-state index in [9.17, 15) is 4.79 Å². The van der Waals surface area contributed by atoms with Crippen LogP contribution in [0.5, 0.6) is 0 Å². The smallest absolute Gasteiger partial charge is 0.358 e. The summed E-state index contributed by atoms with van der Waals surface area (Å²) in [6.07, 6.45) is 5.26. The number of H-pyrrole nitrogens is 1. The lowest BCUT2D eigenvalue weighted by Crippen LogP contribution is -2.53. The minimum Gasteiger partial charge on any atom is -0.464 e. The van der Waals surface area contributed by atoms with Crippen molar-refractivity contribution in [3.63, 3.8) is 0 Å². The largest absolute Gasteiger partial charge is 0.464 e. The van der Waals surface area contributed by atoms with Gasteiger partial charge in [0, 0.05) is 43.4 Å². The maximum atomic E-state index is 11.9. The van der Waals surface area contributed by atoms with E-state index >= 15 is 0 Å². The first-order valence-corrected chi connectivity index (χ1v) is 8.94. The van der Waals surface area contributed by atoms with Crippen molar-refractivity contribution in [3.8, 4) is 0 Å². The van der Waals surface area contributed by atoms with E-state index in [1.807, 2.05) is 0 Å². The molecule has 1 unspecified atom stereocenters. The van der Waals surface area contributed by atoms with Gasteiger partial charge in [-0.25, -0.2) is 4.79 Å². The second-order valence-corrected chi connectivity index (χ2v) is 7.17. The molecule has 3 aliphatic heterocycles.